The molecule has 2 unspecified atom stereocenters. The molecule has 1 heterocycles. The van der Waals surface area contributed by atoms with Crippen LogP contribution in [-0.2, 0) is 4.74 Å². The first-order valence-corrected chi connectivity index (χ1v) is 6.16. The van der Waals surface area contributed by atoms with Gasteiger partial charge in [-0.1, -0.05) is 37.6 Å². The molecule has 0 radical (unpaired) electrons. The first-order chi connectivity index (χ1) is 7.77. The van der Waals surface area contributed by atoms with Crippen molar-refractivity contribution in [2.24, 2.45) is 0 Å². The standard InChI is InChI=1S/C11H13ClO2.C2H6/c12-9-3-1-8(2-4-9)10-7-14-6-5-11(10)13;1-2/h1-4,10-11,13H,5-7H2;1-2H3. The lowest BCUT2D eigenvalue weighted by molar-refractivity contribution is -0.00591. The van der Waals surface area contributed by atoms with Gasteiger partial charge in [0.2, 0.25) is 0 Å². The largest absolute Gasteiger partial charge is 0.392 e. The molecule has 16 heavy (non-hydrogen) atoms. The first-order valence-electron chi connectivity index (χ1n) is 5.78. The number of aliphatic hydroxyl groups excluding tert-OH is 1. The normalized spacial score (nSPS) is 24.5. The van der Waals surface area contributed by atoms with Gasteiger partial charge in [0.1, 0.15) is 0 Å². The fraction of sp³-hybridized carbons (Fsp3) is 0.538. The van der Waals surface area contributed by atoms with Crippen LogP contribution in [0.2, 0.25) is 5.02 Å². The fourth-order valence-corrected chi connectivity index (χ4v) is 1.88. The summed E-state index contributed by atoms with van der Waals surface area (Å²) in [5, 5.41) is 10.5. The zero-order chi connectivity index (χ0) is 12.0. The van der Waals surface area contributed by atoms with Gasteiger partial charge in [0.25, 0.3) is 0 Å². The maximum atomic E-state index is 9.78. The molecule has 2 nitrogen and oxygen atoms in total. The summed E-state index contributed by atoms with van der Waals surface area (Å²) in [7, 11) is 0. The minimum atomic E-state index is -0.287. The highest BCUT2D eigenvalue weighted by molar-refractivity contribution is 6.30. The van der Waals surface area contributed by atoms with Gasteiger partial charge in [0.15, 0.2) is 0 Å². The number of rotatable bonds is 1. The van der Waals surface area contributed by atoms with Gasteiger partial charge in [0.05, 0.1) is 12.7 Å². The van der Waals surface area contributed by atoms with Crippen LogP contribution in [0.3, 0.4) is 0 Å². The second-order valence-electron chi connectivity index (χ2n) is 3.59. The number of hydrogen-bond donors (Lipinski definition) is 1. The van der Waals surface area contributed by atoms with E-state index in [4.69, 9.17) is 16.3 Å². The lowest BCUT2D eigenvalue weighted by Crippen LogP contribution is -2.29. The molecule has 90 valence electrons. The molecule has 1 aliphatic rings. The van der Waals surface area contributed by atoms with E-state index in [9.17, 15) is 5.11 Å². The van der Waals surface area contributed by atoms with Crippen LogP contribution in [0.4, 0.5) is 0 Å². The molecule has 0 aliphatic carbocycles. The molecule has 0 saturated carbocycles. The minimum absolute atomic E-state index is 0.0982. The number of benzene rings is 1. The average molecular weight is 243 g/mol. The van der Waals surface area contributed by atoms with Crippen molar-refractivity contribution in [2.75, 3.05) is 13.2 Å². The van der Waals surface area contributed by atoms with Crippen LogP contribution in [0.25, 0.3) is 0 Å². The Hall–Kier alpha value is -0.570. The van der Waals surface area contributed by atoms with Crippen molar-refractivity contribution in [3.05, 3.63) is 34.9 Å². The lowest BCUT2D eigenvalue weighted by atomic mass is 9.91. The molecule has 1 saturated heterocycles. The van der Waals surface area contributed by atoms with E-state index >= 15 is 0 Å². The Bertz CT molecular complexity index is 297. The summed E-state index contributed by atoms with van der Waals surface area (Å²) >= 11 is 5.79. The Kier molecular flexibility index (Phi) is 5.81. The van der Waals surface area contributed by atoms with Gasteiger partial charge in [-0.25, -0.2) is 0 Å². The third-order valence-electron chi connectivity index (χ3n) is 2.62. The second-order valence-corrected chi connectivity index (χ2v) is 4.03. The number of halogens is 1. The SMILES string of the molecule is CC.OC1CCOCC1c1ccc(Cl)cc1. The summed E-state index contributed by atoms with van der Waals surface area (Å²) in [5.74, 6) is 0.0982. The molecular formula is C13H19ClO2. The van der Waals surface area contributed by atoms with Crippen LogP contribution in [0.5, 0.6) is 0 Å². The molecule has 1 aromatic carbocycles. The zero-order valence-electron chi connectivity index (χ0n) is 9.82. The predicted octanol–water partition coefficient (Wildman–Crippen LogP) is 3.23. The van der Waals surface area contributed by atoms with Crippen molar-refractivity contribution in [1.82, 2.24) is 0 Å². The minimum Gasteiger partial charge on any atom is -0.392 e. The van der Waals surface area contributed by atoms with Crippen LogP contribution in [0.1, 0.15) is 31.7 Å². The molecule has 1 N–H and O–H groups in total. The summed E-state index contributed by atoms with van der Waals surface area (Å²) in [6, 6.07) is 7.59. The summed E-state index contributed by atoms with van der Waals surface area (Å²) in [5.41, 5.74) is 1.10. The molecule has 0 spiro atoms. The molecule has 2 rings (SSSR count). The van der Waals surface area contributed by atoms with Gasteiger partial charge in [-0.15, -0.1) is 0 Å². The third-order valence-corrected chi connectivity index (χ3v) is 2.87. The van der Waals surface area contributed by atoms with Crippen LogP contribution >= 0.6 is 11.6 Å². The summed E-state index contributed by atoms with van der Waals surface area (Å²) in [4.78, 5) is 0. The van der Waals surface area contributed by atoms with E-state index in [2.05, 4.69) is 0 Å². The molecule has 1 fully saturated rings. The van der Waals surface area contributed by atoms with E-state index < -0.39 is 0 Å². The van der Waals surface area contributed by atoms with Crippen molar-refractivity contribution >= 4 is 11.6 Å². The van der Waals surface area contributed by atoms with Crippen molar-refractivity contribution in [3.63, 3.8) is 0 Å². The zero-order valence-corrected chi connectivity index (χ0v) is 10.6. The Labute approximate surface area is 102 Å². The molecule has 0 amide bonds. The van der Waals surface area contributed by atoms with E-state index in [0.717, 1.165) is 10.6 Å². The highest BCUT2D eigenvalue weighted by atomic mass is 35.5. The number of ether oxygens (including phenoxy) is 1. The monoisotopic (exact) mass is 242 g/mol. The van der Waals surface area contributed by atoms with Crippen molar-refractivity contribution in [2.45, 2.75) is 32.3 Å². The van der Waals surface area contributed by atoms with Crippen LogP contribution in [0, 0.1) is 0 Å². The molecule has 3 heteroatoms. The van der Waals surface area contributed by atoms with Crippen molar-refractivity contribution in [3.8, 4) is 0 Å². The maximum Gasteiger partial charge on any atom is 0.0652 e. The van der Waals surface area contributed by atoms with Gasteiger partial charge in [-0.2, -0.15) is 0 Å². The van der Waals surface area contributed by atoms with E-state index in [1.807, 2.05) is 38.1 Å². The first kappa shape index (κ1) is 13.5. The highest BCUT2D eigenvalue weighted by Gasteiger charge is 2.24. The van der Waals surface area contributed by atoms with Gasteiger partial charge >= 0.3 is 0 Å². The van der Waals surface area contributed by atoms with Crippen LogP contribution < -0.4 is 0 Å². The molecule has 0 aromatic heterocycles. The quantitative estimate of drug-likeness (QED) is 0.819. The Balaban J connectivity index is 0.000000606. The Morgan fingerprint density at radius 1 is 1.25 bits per heavy atom. The third kappa shape index (κ3) is 3.48. The maximum absolute atomic E-state index is 9.78. The van der Waals surface area contributed by atoms with E-state index in [0.29, 0.717) is 19.6 Å². The van der Waals surface area contributed by atoms with Crippen LogP contribution in [-0.4, -0.2) is 24.4 Å². The van der Waals surface area contributed by atoms with E-state index in [-0.39, 0.29) is 12.0 Å². The molecule has 0 bridgehead atoms. The summed E-state index contributed by atoms with van der Waals surface area (Å²) in [6.07, 6.45) is 0.428. The summed E-state index contributed by atoms with van der Waals surface area (Å²) < 4.78 is 5.34. The molecular weight excluding hydrogens is 224 g/mol. The number of aliphatic hydroxyl groups is 1. The van der Waals surface area contributed by atoms with Gasteiger partial charge < -0.3 is 9.84 Å². The highest BCUT2D eigenvalue weighted by Crippen LogP contribution is 2.26. The van der Waals surface area contributed by atoms with Gasteiger partial charge in [0, 0.05) is 17.5 Å². The van der Waals surface area contributed by atoms with Gasteiger partial charge in [-0.05, 0) is 24.1 Å². The predicted molar refractivity (Wildman–Crippen MR) is 67.0 cm³/mol. The van der Waals surface area contributed by atoms with Gasteiger partial charge in [-0.3, -0.25) is 0 Å². The molecule has 1 aromatic rings. The van der Waals surface area contributed by atoms with Crippen molar-refractivity contribution < 1.29 is 9.84 Å². The van der Waals surface area contributed by atoms with Crippen LogP contribution in [0.15, 0.2) is 24.3 Å². The topological polar surface area (TPSA) is 29.5 Å². The lowest BCUT2D eigenvalue weighted by Gasteiger charge is -2.27. The smallest absolute Gasteiger partial charge is 0.0652 e. The second kappa shape index (κ2) is 6.89. The van der Waals surface area contributed by atoms with E-state index in [1.54, 1.807) is 0 Å². The molecule has 1 aliphatic heterocycles. The summed E-state index contributed by atoms with van der Waals surface area (Å²) in [6.45, 7) is 5.26. The Morgan fingerprint density at radius 3 is 2.44 bits per heavy atom. The fourth-order valence-electron chi connectivity index (χ4n) is 1.75. The Morgan fingerprint density at radius 2 is 1.88 bits per heavy atom. The van der Waals surface area contributed by atoms with E-state index in [1.165, 1.54) is 0 Å². The molecule has 2 atom stereocenters. The van der Waals surface area contributed by atoms with Crippen molar-refractivity contribution in [1.29, 1.82) is 0 Å². The average Bonchev–Trinajstić information content (AvgIpc) is 2.34. The number of hydrogen-bond acceptors (Lipinski definition) is 2.